The monoisotopic (exact) mass is 563 g/mol. The summed E-state index contributed by atoms with van der Waals surface area (Å²) in [5, 5.41) is 2.62. The van der Waals surface area contributed by atoms with Gasteiger partial charge in [-0.25, -0.2) is 9.18 Å². The van der Waals surface area contributed by atoms with E-state index in [9.17, 15) is 35.5 Å². The zero-order valence-electron chi connectivity index (χ0n) is 22.1. The third-order valence-corrected chi connectivity index (χ3v) is 6.86. The van der Waals surface area contributed by atoms with Crippen molar-refractivity contribution in [3.8, 4) is 0 Å². The molecule has 3 unspecified atom stereocenters. The molecule has 0 radical (unpaired) electrons. The number of ether oxygens (including phenoxy) is 1. The summed E-state index contributed by atoms with van der Waals surface area (Å²) in [7, 11) is 3.74. The second kappa shape index (κ2) is 12.1. The number of nitrogens with zero attached hydrogens (tertiary/aromatic N) is 2. The first-order chi connectivity index (χ1) is 18.1. The minimum absolute atomic E-state index is 0.0705. The van der Waals surface area contributed by atoms with Crippen LogP contribution in [0.15, 0.2) is 36.4 Å². The molecule has 0 aromatic heterocycles. The topological polar surface area (TPSA) is 44.8 Å². The van der Waals surface area contributed by atoms with Gasteiger partial charge in [0.05, 0.1) is 23.3 Å². The van der Waals surface area contributed by atoms with Crippen LogP contribution < -0.4 is 5.32 Å². The standard InChI is InChI=1S/C27H32F7N3O2/c1-16-11-21(28)5-6-23(16)24-15-22(39-17(2)36(3)4)8-10-37(24)25(38)35-9-7-18-12-19(26(29,30)31)14-20(13-18)27(32,33)34/h5-6,11-14,17,22,24H,7-10,15H2,1-4H3,(H,35,38). The molecule has 0 aliphatic carbocycles. The number of carbonyl (C=O) groups is 1. The van der Waals surface area contributed by atoms with Gasteiger partial charge in [-0.15, -0.1) is 0 Å². The quantitative estimate of drug-likeness (QED) is 0.307. The molecule has 1 fully saturated rings. The molecule has 216 valence electrons. The molecule has 12 heteroatoms. The number of hydrogen-bond donors (Lipinski definition) is 1. The molecule has 1 N–H and O–H groups in total. The number of urea groups is 1. The Hall–Kier alpha value is -2.86. The Balaban J connectivity index is 1.76. The SMILES string of the molecule is Cc1cc(F)ccc1C1CC(OC(C)N(C)C)CCN1C(=O)NCCc1cc(C(F)(F)F)cc(C(F)(F)F)c1. The first-order valence-corrected chi connectivity index (χ1v) is 12.5. The third kappa shape index (κ3) is 8.07. The number of nitrogens with one attached hydrogen (secondary N) is 1. The second-order valence-corrected chi connectivity index (χ2v) is 9.95. The van der Waals surface area contributed by atoms with E-state index in [0.29, 0.717) is 37.1 Å². The van der Waals surface area contributed by atoms with E-state index in [1.807, 2.05) is 25.9 Å². The summed E-state index contributed by atoms with van der Waals surface area (Å²) < 4.78 is 98.9. The smallest absolute Gasteiger partial charge is 0.360 e. The van der Waals surface area contributed by atoms with Crippen LogP contribution in [-0.4, -0.2) is 55.3 Å². The van der Waals surface area contributed by atoms with Crippen molar-refractivity contribution in [1.29, 1.82) is 0 Å². The van der Waals surface area contributed by atoms with E-state index >= 15 is 0 Å². The number of amides is 2. The van der Waals surface area contributed by atoms with Crippen LogP contribution in [0.25, 0.3) is 0 Å². The summed E-state index contributed by atoms with van der Waals surface area (Å²) in [6.45, 7) is 3.74. The van der Waals surface area contributed by atoms with Gasteiger partial charge in [0.25, 0.3) is 0 Å². The van der Waals surface area contributed by atoms with E-state index in [2.05, 4.69) is 5.32 Å². The molecule has 1 heterocycles. The predicted octanol–water partition coefficient (Wildman–Crippen LogP) is 6.55. The van der Waals surface area contributed by atoms with Crippen molar-refractivity contribution in [3.63, 3.8) is 0 Å². The highest BCUT2D eigenvalue weighted by molar-refractivity contribution is 5.75. The summed E-state index contributed by atoms with van der Waals surface area (Å²) in [5.74, 6) is -0.420. The van der Waals surface area contributed by atoms with Gasteiger partial charge >= 0.3 is 18.4 Å². The number of likely N-dealkylation sites (tertiary alicyclic amines) is 1. The van der Waals surface area contributed by atoms with Crippen molar-refractivity contribution in [2.45, 2.75) is 63.8 Å². The van der Waals surface area contributed by atoms with Crippen molar-refractivity contribution in [1.82, 2.24) is 15.1 Å². The predicted molar refractivity (Wildman–Crippen MR) is 131 cm³/mol. The van der Waals surface area contributed by atoms with E-state index in [1.54, 1.807) is 17.9 Å². The number of halogens is 7. The van der Waals surface area contributed by atoms with Gasteiger partial charge in [-0.3, -0.25) is 4.90 Å². The molecule has 1 saturated heterocycles. The van der Waals surface area contributed by atoms with Crippen molar-refractivity contribution in [3.05, 3.63) is 70.0 Å². The highest BCUT2D eigenvalue weighted by atomic mass is 19.4. The maximum Gasteiger partial charge on any atom is 0.416 e. The summed E-state index contributed by atoms with van der Waals surface area (Å²) >= 11 is 0. The molecule has 2 amide bonds. The number of rotatable bonds is 7. The van der Waals surface area contributed by atoms with Crippen molar-refractivity contribution < 1.29 is 40.3 Å². The third-order valence-electron chi connectivity index (χ3n) is 6.86. The molecule has 39 heavy (non-hydrogen) atoms. The molecule has 1 aliphatic rings. The van der Waals surface area contributed by atoms with Crippen LogP contribution in [0.1, 0.15) is 53.6 Å². The zero-order valence-corrected chi connectivity index (χ0v) is 22.1. The maximum atomic E-state index is 13.8. The van der Waals surface area contributed by atoms with Crippen molar-refractivity contribution >= 4 is 6.03 Å². The lowest BCUT2D eigenvalue weighted by Crippen LogP contribution is -2.49. The minimum Gasteiger partial charge on any atom is -0.360 e. The lowest BCUT2D eigenvalue weighted by molar-refractivity contribution is -0.143. The second-order valence-electron chi connectivity index (χ2n) is 9.95. The van der Waals surface area contributed by atoms with E-state index in [1.165, 1.54) is 12.1 Å². The Morgan fingerprint density at radius 3 is 2.23 bits per heavy atom. The van der Waals surface area contributed by atoms with E-state index in [-0.39, 0.29) is 36.9 Å². The van der Waals surface area contributed by atoms with E-state index < -0.39 is 41.4 Å². The molecule has 3 rings (SSSR count). The fourth-order valence-corrected chi connectivity index (χ4v) is 4.59. The fourth-order valence-electron chi connectivity index (χ4n) is 4.59. The molecule has 3 atom stereocenters. The molecule has 0 spiro atoms. The average Bonchev–Trinajstić information content (AvgIpc) is 2.82. The highest BCUT2D eigenvalue weighted by Crippen LogP contribution is 2.37. The summed E-state index contributed by atoms with van der Waals surface area (Å²) in [6, 6.07) is 4.66. The lowest BCUT2D eigenvalue weighted by atomic mass is 9.90. The molecule has 2 aromatic rings. The number of hydrogen-bond acceptors (Lipinski definition) is 3. The Morgan fingerprint density at radius 2 is 1.69 bits per heavy atom. The fraction of sp³-hybridized carbons (Fsp3) is 0.519. The summed E-state index contributed by atoms with van der Waals surface area (Å²) in [6.07, 6.45) is -9.55. The number of alkyl halides is 6. The van der Waals surface area contributed by atoms with Crippen LogP contribution in [0.3, 0.4) is 0 Å². The summed E-state index contributed by atoms with van der Waals surface area (Å²) in [5.41, 5.74) is -1.64. The van der Waals surface area contributed by atoms with Crippen LogP contribution in [0, 0.1) is 12.7 Å². The van der Waals surface area contributed by atoms with Gasteiger partial charge in [0.15, 0.2) is 0 Å². The highest BCUT2D eigenvalue weighted by Gasteiger charge is 2.37. The Labute approximate surface area is 222 Å². The summed E-state index contributed by atoms with van der Waals surface area (Å²) in [4.78, 5) is 16.6. The van der Waals surface area contributed by atoms with Gasteiger partial charge in [0.2, 0.25) is 0 Å². The molecular formula is C27H32F7N3O2. The van der Waals surface area contributed by atoms with Gasteiger partial charge in [-0.05, 0) is 94.2 Å². The van der Waals surface area contributed by atoms with Crippen molar-refractivity contribution in [2.75, 3.05) is 27.2 Å². The van der Waals surface area contributed by atoms with Crippen LogP contribution in [0.2, 0.25) is 0 Å². The Morgan fingerprint density at radius 1 is 1.08 bits per heavy atom. The molecule has 5 nitrogen and oxygen atoms in total. The van der Waals surface area contributed by atoms with Gasteiger partial charge < -0.3 is 15.0 Å². The largest absolute Gasteiger partial charge is 0.416 e. The van der Waals surface area contributed by atoms with Crippen LogP contribution >= 0.6 is 0 Å². The molecular weight excluding hydrogens is 531 g/mol. The molecule has 0 bridgehead atoms. The molecule has 2 aromatic carbocycles. The number of benzene rings is 2. The average molecular weight is 564 g/mol. The normalized spacial score (nSPS) is 19.3. The van der Waals surface area contributed by atoms with Crippen molar-refractivity contribution in [2.24, 2.45) is 0 Å². The first-order valence-electron chi connectivity index (χ1n) is 12.5. The minimum atomic E-state index is -4.95. The first kappa shape index (κ1) is 30.7. The van der Waals surface area contributed by atoms with Gasteiger partial charge in [-0.2, -0.15) is 26.3 Å². The number of aryl methyl sites for hydroxylation is 1. The van der Waals surface area contributed by atoms with Gasteiger partial charge in [-0.1, -0.05) is 6.07 Å². The maximum absolute atomic E-state index is 13.8. The van der Waals surface area contributed by atoms with Gasteiger partial charge in [0, 0.05) is 13.1 Å². The lowest BCUT2D eigenvalue weighted by Gasteiger charge is -2.41. The zero-order chi connectivity index (χ0) is 29.1. The van der Waals surface area contributed by atoms with E-state index in [4.69, 9.17) is 4.74 Å². The number of piperidine rings is 1. The molecule has 1 aliphatic heterocycles. The number of carbonyl (C=O) groups excluding carboxylic acids is 1. The van der Waals surface area contributed by atoms with Crippen LogP contribution in [0.4, 0.5) is 35.5 Å². The van der Waals surface area contributed by atoms with E-state index in [0.717, 1.165) is 5.56 Å². The Kier molecular flexibility index (Phi) is 9.53. The molecule has 0 saturated carbocycles. The Bertz CT molecular complexity index is 1120. The van der Waals surface area contributed by atoms with Crippen LogP contribution in [-0.2, 0) is 23.5 Å². The van der Waals surface area contributed by atoms with Gasteiger partial charge in [0.1, 0.15) is 12.0 Å². The van der Waals surface area contributed by atoms with Crippen LogP contribution in [0.5, 0.6) is 0 Å².